The lowest BCUT2D eigenvalue weighted by Gasteiger charge is -2.15. The van der Waals surface area contributed by atoms with Crippen LogP contribution in [0, 0.1) is 6.92 Å². The molecule has 7 nitrogen and oxygen atoms in total. The molecule has 1 unspecified atom stereocenters. The van der Waals surface area contributed by atoms with Crippen LogP contribution in [0.2, 0.25) is 0 Å². The van der Waals surface area contributed by atoms with Gasteiger partial charge in [-0.25, -0.2) is 9.67 Å². The molecule has 1 N–H and O–H groups in total. The summed E-state index contributed by atoms with van der Waals surface area (Å²) in [5.74, 6) is -0.325. The van der Waals surface area contributed by atoms with E-state index in [1.54, 1.807) is 24.3 Å². The van der Waals surface area contributed by atoms with Gasteiger partial charge in [0.1, 0.15) is 6.04 Å². The van der Waals surface area contributed by atoms with Crippen LogP contribution in [0.5, 0.6) is 0 Å². The number of fused-ring (bicyclic) bond motifs is 1. The third-order valence-electron chi connectivity index (χ3n) is 5.44. The zero-order valence-corrected chi connectivity index (χ0v) is 18.9. The quantitative estimate of drug-likeness (QED) is 0.413. The van der Waals surface area contributed by atoms with Crippen molar-refractivity contribution in [3.63, 3.8) is 0 Å². The lowest BCUT2D eigenvalue weighted by molar-refractivity contribution is -0.119. The average Bonchev–Trinajstić information content (AvgIpc) is 3.42. The second kappa shape index (κ2) is 8.48. The average molecular weight is 456 g/mol. The van der Waals surface area contributed by atoms with E-state index in [1.807, 2.05) is 77.6 Å². The predicted octanol–water partition coefficient (Wildman–Crippen LogP) is 4.79. The molecule has 0 bridgehead atoms. The summed E-state index contributed by atoms with van der Waals surface area (Å²) in [7, 11) is 0. The number of rotatable bonds is 5. The first kappa shape index (κ1) is 20.8. The molecule has 0 aliphatic carbocycles. The number of benzene rings is 2. The molecule has 0 radical (unpaired) electrons. The Balaban J connectivity index is 1.38. The monoisotopic (exact) mass is 455 g/mol. The number of hydrogen-bond donors (Lipinski definition) is 1. The van der Waals surface area contributed by atoms with Crippen LogP contribution in [0.25, 0.3) is 27.5 Å². The van der Waals surface area contributed by atoms with E-state index in [9.17, 15) is 9.59 Å². The van der Waals surface area contributed by atoms with Crippen molar-refractivity contribution in [3.05, 3.63) is 94.4 Å². The molecular formula is C25H21N5O2S. The third-order valence-corrected chi connectivity index (χ3v) is 6.21. The number of aromatic nitrogens is 4. The molecule has 5 rings (SSSR count). The van der Waals surface area contributed by atoms with E-state index in [0.717, 1.165) is 27.3 Å². The fourth-order valence-corrected chi connectivity index (χ4v) is 4.26. The fraction of sp³-hybridized carbons (Fsp3) is 0.120. The van der Waals surface area contributed by atoms with E-state index in [0.29, 0.717) is 11.4 Å². The summed E-state index contributed by atoms with van der Waals surface area (Å²) in [4.78, 5) is 31.0. The molecular weight excluding hydrogens is 434 g/mol. The van der Waals surface area contributed by atoms with Gasteiger partial charge in [0.05, 0.1) is 11.4 Å². The topological polar surface area (TPSA) is 81.3 Å². The van der Waals surface area contributed by atoms with Crippen LogP contribution in [0.3, 0.4) is 0 Å². The van der Waals surface area contributed by atoms with E-state index in [2.05, 4.69) is 15.4 Å². The predicted molar refractivity (Wildman–Crippen MR) is 131 cm³/mol. The molecule has 8 heteroatoms. The van der Waals surface area contributed by atoms with Gasteiger partial charge in [-0.1, -0.05) is 42.0 Å². The van der Waals surface area contributed by atoms with Gasteiger partial charge in [0, 0.05) is 40.7 Å². The van der Waals surface area contributed by atoms with E-state index >= 15 is 0 Å². The van der Waals surface area contributed by atoms with Crippen LogP contribution < -0.4 is 10.9 Å². The molecule has 0 aliphatic rings. The van der Waals surface area contributed by atoms with E-state index in [-0.39, 0.29) is 11.5 Å². The van der Waals surface area contributed by atoms with Crippen molar-refractivity contribution in [2.75, 3.05) is 5.32 Å². The zero-order chi connectivity index (χ0) is 22.9. The smallest absolute Gasteiger partial charge is 0.267 e. The van der Waals surface area contributed by atoms with Gasteiger partial charge in [-0.15, -0.1) is 11.3 Å². The second-order valence-electron chi connectivity index (χ2n) is 7.83. The maximum Gasteiger partial charge on any atom is 0.267 e. The third kappa shape index (κ3) is 4.20. The summed E-state index contributed by atoms with van der Waals surface area (Å²) in [6.07, 6.45) is 3.91. The maximum atomic E-state index is 13.0. The fourth-order valence-electron chi connectivity index (χ4n) is 3.56. The summed E-state index contributed by atoms with van der Waals surface area (Å²) in [6.45, 7) is 3.67. The van der Waals surface area contributed by atoms with Crippen molar-refractivity contribution in [2.24, 2.45) is 0 Å². The summed E-state index contributed by atoms with van der Waals surface area (Å²) in [6, 6.07) is 17.7. The molecule has 0 saturated heterocycles. The lowest BCUT2D eigenvalue weighted by atomic mass is 10.1. The summed E-state index contributed by atoms with van der Waals surface area (Å²) in [5, 5.41) is 9.33. The summed E-state index contributed by atoms with van der Waals surface area (Å²) >= 11 is 1.56. The number of amides is 1. The minimum Gasteiger partial charge on any atom is -0.324 e. The van der Waals surface area contributed by atoms with Gasteiger partial charge in [-0.2, -0.15) is 5.10 Å². The summed E-state index contributed by atoms with van der Waals surface area (Å²) < 4.78 is 3.18. The summed E-state index contributed by atoms with van der Waals surface area (Å²) in [5.41, 5.74) is 4.68. The van der Waals surface area contributed by atoms with Crippen LogP contribution in [0.15, 0.2) is 83.2 Å². The van der Waals surface area contributed by atoms with E-state index < -0.39 is 6.04 Å². The molecule has 164 valence electrons. The van der Waals surface area contributed by atoms with Gasteiger partial charge in [-0.05, 0) is 32.0 Å². The number of imidazole rings is 1. The highest BCUT2D eigenvalue weighted by Gasteiger charge is 2.19. The molecule has 0 aliphatic heterocycles. The first-order valence-corrected chi connectivity index (χ1v) is 11.4. The van der Waals surface area contributed by atoms with Gasteiger partial charge in [0.15, 0.2) is 4.96 Å². The molecule has 0 fully saturated rings. The number of nitrogens with zero attached hydrogens (tertiary/aromatic N) is 4. The largest absolute Gasteiger partial charge is 0.324 e. The first-order valence-electron chi connectivity index (χ1n) is 10.5. The molecule has 1 atom stereocenters. The van der Waals surface area contributed by atoms with Gasteiger partial charge < -0.3 is 5.32 Å². The van der Waals surface area contributed by atoms with E-state index in [4.69, 9.17) is 0 Å². The van der Waals surface area contributed by atoms with Crippen LogP contribution in [-0.4, -0.2) is 25.1 Å². The molecule has 0 spiro atoms. The van der Waals surface area contributed by atoms with Crippen LogP contribution in [0.1, 0.15) is 18.5 Å². The molecule has 3 heterocycles. The second-order valence-corrected chi connectivity index (χ2v) is 8.71. The standard InChI is InChI=1S/C25H21N5O2S/c1-16-6-8-18(9-7-16)21-10-11-23(31)30(28-21)17(2)24(32)26-20-5-3-4-19(14-20)22-15-29-12-13-33-25(29)27-22/h3-15,17H,1-2H3,(H,26,32). The Labute approximate surface area is 194 Å². The highest BCUT2D eigenvalue weighted by Crippen LogP contribution is 2.24. The molecule has 3 aromatic heterocycles. The Hall–Kier alpha value is -4.04. The van der Waals surface area contributed by atoms with Crippen molar-refractivity contribution in [1.82, 2.24) is 19.2 Å². The van der Waals surface area contributed by atoms with Gasteiger partial charge in [0.2, 0.25) is 5.91 Å². The molecule has 2 aromatic carbocycles. The first-order chi connectivity index (χ1) is 16.0. The number of carbonyl (C=O) groups excluding carboxylic acids is 1. The number of thiazole rings is 1. The van der Waals surface area contributed by atoms with Gasteiger partial charge in [-0.3, -0.25) is 14.0 Å². The Morgan fingerprint density at radius 2 is 1.85 bits per heavy atom. The Morgan fingerprint density at radius 3 is 2.64 bits per heavy atom. The highest BCUT2D eigenvalue weighted by atomic mass is 32.1. The van der Waals surface area contributed by atoms with Crippen LogP contribution in [0.4, 0.5) is 5.69 Å². The maximum absolute atomic E-state index is 13.0. The number of carbonyl (C=O) groups is 1. The number of nitrogens with one attached hydrogen (secondary N) is 1. The number of aryl methyl sites for hydroxylation is 1. The van der Waals surface area contributed by atoms with Gasteiger partial charge >= 0.3 is 0 Å². The van der Waals surface area contributed by atoms with Crippen LogP contribution >= 0.6 is 11.3 Å². The van der Waals surface area contributed by atoms with Crippen molar-refractivity contribution in [2.45, 2.75) is 19.9 Å². The van der Waals surface area contributed by atoms with E-state index in [1.165, 1.54) is 10.7 Å². The van der Waals surface area contributed by atoms with Crippen molar-refractivity contribution in [1.29, 1.82) is 0 Å². The molecule has 5 aromatic rings. The Kier molecular flexibility index (Phi) is 5.35. The van der Waals surface area contributed by atoms with Crippen molar-refractivity contribution < 1.29 is 4.79 Å². The SMILES string of the molecule is Cc1ccc(-c2ccc(=O)n(C(C)C(=O)Nc3cccc(-c4cn5ccsc5n4)c3)n2)cc1. The molecule has 33 heavy (non-hydrogen) atoms. The number of anilines is 1. The van der Waals surface area contributed by atoms with Gasteiger partial charge in [0.25, 0.3) is 5.56 Å². The highest BCUT2D eigenvalue weighted by molar-refractivity contribution is 7.15. The van der Waals surface area contributed by atoms with Crippen LogP contribution in [-0.2, 0) is 4.79 Å². The zero-order valence-electron chi connectivity index (χ0n) is 18.1. The Bertz CT molecular complexity index is 1490. The lowest BCUT2D eigenvalue weighted by Crippen LogP contribution is -2.33. The molecule has 0 saturated carbocycles. The Morgan fingerprint density at radius 1 is 1.03 bits per heavy atom. The van der Waals surface area contributed by atoms with Crippen molar-refractivity contribution >= 4 is 27.9 Å². The van der Waals surface area contributed by atoms with Crippen molar-refractivity contribution in [3.8, 4) is 22.5 Å². The normalized spacial score (nSPS) is 12.1. The minimum atomic E-state index is -0.788. The molecule has 1 amide bonds. The minimum absolute atomic E-state index is 0.325. The number of hydrogen-bond acceptors (Lipinski definition) is 5.